The molecule has 0 heterocycles. The Balaban J connectivity index is 2.30. The molecule has 0 bridgehead atoms. The summed E-state index contributed by atoms with van der Waals surface area (Å²) >= 11 is 0. The summed E-state index contributed by atoms with van der Waals surface area (Å²) in [6.45, 7) is 4.36. The molecule has 1 aromatic rings. The summed E-state index contributed by atoms with van der Waals surface area (Å²) in [6, 6.07) is 4.38. The van der Waals surface area contributed by atoms with Gasteiger partial charge >= 0.3 is 0 Å². The average molecular weight is 291 g/mol. The van der Waals surface area contributed by atoms with Crippen LogP contribution < -0.4 is 11.1 Å². The van der Waals surface area contributed by atoms with Gasteiger partial charge in [0.1, 0.15) is 5.69 Å². The van der Waals surface area contributed by atoms with E-state index < -0.39 is 10.8 Å². The lowest BCUT2D eigenvalue weighted by molar-refractivity contribution is -0.384. The summed E-state index contributed by atoms with van der Waals surface area (Å²) in [5.74, 6) is 0.420. The van der Waals surface area contributed by atoms with Crippen molar-refractivity contribution in [3.63, 3.8) is 0 Å². The van der Waals surface area contributed by atoms with Gasteiger partial charge in [0, 0.05) is 17.7 Å². The van der Waals surface area contributed by atoms with Crippen LogP contribution in [0.1, 0.15) is 43.5 Å². The van der Waals surface area contributed by atoms with Crippen LogP contribution in [-0.4, -0.2) is 16.9 Å². The molecule has 2 rings (SSSR count). The summed E-state index contributed by atoms with van der Waals surface area (Å²) in [6.07, 6.45) is 3.26. The van der Waals surface area contributed by atoms with Crippen LogP contribution in [-0.2, 0) is 0 Å². The number of nitro groups is 1. The first kappa shape index (κ1) is 15.3. The lowest BCUT2D eigenvalue weighted by atomic mass is 9.78. The van der Waals surface area contributed by atoms with Crippen LogP contribution in [0.5, 0.6) is 0 Å². The predicted octanol–water partition coefficient (Wildman–Crippen LogP) is 2.93. The molecule has 0 aliphatic heterocycles. The summed E-state index contributed by atoms with van der Waals surface area (Å²) in [7, 11) is 0. The lowest BCUT2D eigenvalue weighted by Crippen LogP contribution is -2.35. The second-order valence-corrected chi connectivity index (χ2v) is 5.87. The molecule has 0 saturated heterocycles. The number of primary amides is 1. The first-order chi connectivity index (χ1) is 9.90. The third kappa shape index (κ3) is 3.32. The summed E-state index contributed by atoms with van der Waals surface area (Å²) < 4.78 is 0. The van der Waals surface area contributed by atoms with Gasteiger partial charge in [0.05, 0.1) is 4.92 Å². The molecule has 1 saturated carbocycles. The predicted molar refractivity (Wildman–Crippen MR) is 81.2 cm³/mol. The van der Waals surface area contributed by atoms with Crippen molar-refractivity contribution in [2.75, 3.05) is 5.32 Å². The number of nitrogens with two attached hydrogens (primary N) is 1. The van der Waals surface area contributed by atoms with E-state index in [0.29, 0.717) is 17.5 Å². The van der Waals surface area contributed by atoms with Crippen LogP contribution in [0.4, 0.5) is 11.4 Å². The van der Waals surface area contributed by atoms with Crippen molar-refractivity contribution < 1.29 is 9.72 Å². The molecule has 3 N–H and O–H groups in total. The summed E-state index contributed by atoms with van der Waals surface area (Å²) in [5.41, 5.74) is 5.89. The first-order valence-corrected chi connectivity index (χ1v) is 7.25. The van der Waals surface area contributed by atoms with Gasteiger partial charge < -0.3 is 11.1 Å². The Bertz CT molecular complexity index is 559. The Kier molecular flexibility index (Phi) is 4.45. The highest BCUT2D eigenvalue weighted by Crippen LogP contribution is 2.34. The zero-order chi connectivity index (χ0) is 15.6. The molecule has 0 spiro atoms. The average Bonchev–Trinajstić information content (AvgIpc) is 2.43. The van der Waals surface area contributed by atoms with E-state index in [4.69, 9.17) is 5.73 Å². The molecule has 1 amide bonds. The minimum Gasteiger partial charge on any atom is -0.376 e. The van der Waals surface area contributed by atoms with Crippen LogP contribution in [0.15, 0.2) is 18.2 Å². The number of hydrogen-bond acceptors (Lipinski definition) is 4. The number of carbonyl (C=O) groups excluding carboxylic acids is 1. The SMILES string of the molecule is CC1CCCC(Nc2cc(C(N)=O)ccc2[N+](=O)[O-])C1C. The van der Waals surface area contributed by atoms with Gasteiger partial charge in [0.2, 0.25) is 5.91 Å². The highest BCUT2D eigenvalue weighted by Gasteiger charge is 2.28. The van der Waals surface area contributed by atoms with Gasteiger partial charge in [-0.05, 0) is 30.4 Å². The van der Waals surface area contributed by atoms with E-state index in [0.717, 1.165) is 12.8 Å². The number of nitro benzene ring substituents is 1. The number of benzene rings is 1. The van der Waals surface area contributed by atoms with Gasteiger partial charge in [-0.3, -0.25) is 14.9 Å². The van der Waals surface area contributed by atoms with E-state index in [1.807, 2.05) is 0 Å². The third-order valence-corrected chi connectivity index (χ3v) is 4.53. The Morgan fingerprint density at radius 3 is 2.71 bits per heavy atom. The van der Waals surface area contributed by atoms with Gasteiger partial charge in [0.25, 0.3) is 5.69 Å². The second-order valence-electron chi connectivity index (χ2n) is 5.87. The van der Waals surface area contributed by atoms with Crippen molar-refractivity contribution in [2.45, 2.75) is 39.2 Å². The molecule has 6 heteroatoms. The van der Waals surface area contributed by atoms with Crippen molar-refractivity contribution in [3.05, 3.63) is 33.9 Å². The Labute approximate surface area is 123 Å². The van der Waals surface area contributed by atoms with Crippen molar-refractivity contribution >= 4 is 17.3 Å². The van der Waals surface area contributed by atoms with Gasteiger partial charge in [-0.2, -0.15) is 0 Å². The molecule has 0 aromatic heterocycles. The van der Waals surface area contributed by atoms with E-state index in [9.17, 15) is 14.9 Å². The topological polar surface area (TPSA) is 98.3 Å². The minimum atomic E-state index is -0.585. The largest absolute Gasteiger partial charge is 0.376 e. The van der Waals surface area contributed by atoms with Gasteiger partial charge in [0.15, 0.2) is 0 Å². The number of rotatable bonds is 4. The van der Waals surface area contributed by atoms with Crippen LogP contribution >= 0.6 is 0 Å². The maximum absolute atomic E-state index is 11.3. The number of anilines is 1. The molecule has 21 heavy (non-hydrogen) atoms. The molecule has 1 aromatic carbocycles. The fourth-order valence-corrected chi connectivity index (χ4v) is 2.95. The monoisotopic (exact) mass is 291 g/mol. The van der Waals surface area contributed by atoms with Crippen molar-refractivity contribution in [2.24, 2.45) is 17.6 Å². The fourth-order valence-electron chi connectivity index (χ4n) is 2.95. The molecule has 6 nitrogen and oxygen atoms in total. The highest BCUT2D eigenvalue weighted by atomic mass is 16.6. The van der Waals surface area contributed by atoms with E-state index >= 15 is 0 Å². The lowest BCUT2D eigenvalue weighted by Gasteiger charge is -2.35. The molecule has 0 radical (unpaired) electrons. The maximum Gasteiger partial charge on any atom is 0.292 e. The number of carbonyl (C=O) groups is 1. The number of amides is 1. The minimum absolute atomic E-state index is 0.0228. The Morgan fingerprint density at radius 2 is 2.10 bits per heavy atom. The number of hydrogen-bond donors (Lipinski definition) is 2. The standard InChI is InChI=1S/C15H21N3O3/c1-9-4-3-5-12(10(9)2)17-13-8-11(15(16)19)6-7-14(13)18(20)21/h6-10,12,17H,3-5H2,1-2H3,(H2,16,19). The smallest absolute Gasteiger partial charge is 0.292 e. The highest BCUT2D eigenvalue weighted by molar-refractivity contribution is 5.94. The second kappa shape index (κ2) is 6.11. The van der Waals surface area contributed by atoms with Crippen LogP contribution in [0, 0.1) is 22.0 Å². The molecule has 3 atom stereocenters. The quantitative estimate of drug-likeness (QED) is 0.658. The van der Waals surface area contributed by atoms with Crippen LogP contribution in [0.25, 0.3) is 0 Å². The molecular weight excluding hydrogens is 270 g/mol. The third-order valence-electron chi connectivity index (χ3n) is 4.53. The molecule has 114 valence electrons. The van der Waals surface area contributed by atoms with E-state index in [1.165, 1.54) is 24.6 Å². The van der Waals surface area contributed by atoms with Gasteiger partial charge in [-0.25, -0.2) is 0 Å². The fraction of sp³-hybridized carbons (Fsp3) is 0.533. The summed E-state index contributed by atoms with van der Waals surface area (Å²) in [4.78, 5) is 22.0. The first-order valence-electron chi connectivity index (χ1n) is 7.25. The molecule has 3 unspecified atom stereocenters. The molecule has 1 aliphatic rings. The van der Waals surface area contributed by atoms with Crippen molar-refractivity contribution in [1.82, 2.24) is 0 Å². The van der Waals surface area contributed by atoms with Crippen molar-refractivity contribution in [1.29, 1.82) is 0 Å². The van der Waals surface area contributed by atoms with E-state index in [2.05, 4.69) is 19.2 Å². The number of nitrogens with one attached hydrogen (secondary N) is 1. The maximum atomic E-state index is 11.3. The van der Waals surface area contributed by atoms with E-state index in [1.54, 1.807) is 0 Å². The Hall–Kier alpha value is -2.11. The molecule has 1 fully saturated rings. The number of nitrogens with zero attached hydrogens (tertiary/aromatic N) is 1. The summed E-state index contributed by atoms with van der Waals surface area (Å²) in [5, 5.41) is 14.4. The zero-order valence-corrected chi connectivity index (χ0v) is 12.3. The van der Waals surface area contributed by atoms with Crippen molar-refractivity contribution in [3.8, 4) is 0 Å². The van der Waals surface area contributed by atoms with Crippen LogP contribution in [0.3, 0.4) is 0 Å². The van der Waals surface area contributed by atoms with E-state index in [-0.39, 0.29) is 17.3 Å². The Morgan fingerprint density at radius 1 is 1.38 bits per heavy atom. The van der Waals surface area contributed by atoms with Gasteiger partial charge in [-0.1, -0.05) is 26.7 Å². The molecule has 1 aliphatic carbocycles. The van der Waals surface area contributed by atoms with Gasteiger partial charge in [-0.15, -0.1) is 0 Å². The van der Waals surface area contributed by atoms with Crippen LogP contribution in [0.2, 0.25) is 0 Å². The normalized spacial score (nSPS) is 25.3. The molecular formula is C15H21N3O3. The zero-order valence-electron chi connectivity index (χ0n) is 12.3.